The molecule has 1 aliphatic heterocycles. The standard InChI is InChI=1S/C20H30O4/c1-13-4-7-16-19(2,10-8-17(22)20(16,3)12-21)15(13)6-5-14-9-11-24-18(14)23/h9,15-17,21-22H,1,4-8,10-12H2,2-3H3/t15-,16+,17-,19-,20+/m1/s1. The van der Waals surface area contributed by atoms with Gasteiger partial charge in [-0.3, -0.25) is 0 Å². The number of aliphatic hydroxyl groups excluding tert-OH is 2. The summed E-state index contributed by atoms with van der Waals surface area (Å²) < 4.78 is 5.01. The molecule has 2 saturated carbocycles. The highest BCUT2D eigenvalue weighted by Gasteiger charge is 2.57. The van der Waals surface area contributed by atoms with Gasteiger partial charge in [0.1, 0.15) is 6.61 Å². The van der Waals surface area contributed by atoms with Crippen LogP contribution in [-0.4, -0.2) is 35.5 Å². The second kappa shape index (κ2) is 6.30. The molecule has 2 N–H and O–H groups in total. The minimum atomic E-state index is -0.447. The molecule has 0 aromatic rings. The zero-order valence-corrected chi connectivity index (χ0v) is 14.9. The van der Waals surface area contributed by atoms with E-state index in [2.05, 4.69) is 13.5 Å². The normalized spacial score (nSPS) is 42.5. The first kappa shape index (κ1) is 17.7. The number of allylic oxidation sites excluding steroid dienone is 1. The molecule has 0 aromatic heterocycles. The van der Waals surface area contributed by atoms with Crippen molar-refractivity contribution in [2.24, 2.45) is 22.7 Å². The van der Waals surface area contributed by atoms with E-state index in [1.54, 1.807) is 0 Å². The Morgan fingerprint density at radius 3 is 2.75 bits per heavy atom. The molecule has 3 aliphatic rings. The molecule has 3 rings (SSSR count). The van der Waals surface area contributed by atoms with Crippen LogP contribution in [0.1, 0.15) is 52.4 Å². The minimum absolute atomic E-state index is 0.0189. The Balaban J connectivity index is 1.83. The fraction of sp³-hybridized carbons (Fsp3) is 0.750. The maximum Gasteiger partial charge on any atom is 0.334 e. The van der Waals surface area contributed by atoms with Gasteiger partial charge in [0.15, 0.2) is 0 Å². The van der Waals surface area contributed by atoms with Crippen molar-refractivity contribution >= 4 is 5.97 Å². The highest BCUT2D eigenvalue weighted by atomic mass is 16.5. The van der Waals surface area contributed by atoms with E-state index in [1.165, 1.54) is 5.57 Å². The molecule has 4 heteroatoms. The average Bonchev–Trinajstić information content (AvgIpc) is 2.96. The zero-order chi connectivity index (χ0) is 17.5. The summed E-state index contributed by atoms with van der Waals surface area (Å²) in [5.74, 6) is 0.417. The number of fused-ring (bicyclic) bond motifs is 1. The van der Waals surface area contributed by atoms with Crippen LogP contribution in [0.5, 0.6) is 0 Å². The van der Waals surface area contributed by atoms with Crippen molar-refractivity contribution in [1.82, 2.24) is 0 Å². The number of carbonyl (C=O) groups excluding carboxylic acids is 1. The predicted octanol–water partition coefficient (Wildman–Crippen LogP) is 2.99. The Bertz CT molecular complexity index is 566. The number of rotatable bonds is 4. The van der Waals surface area contributed by atoms with Crippen molar-refractivity contribution in [1.29, 1.82) is 0 Å². The molecule has 0 unspecified atom stereocenters. The van der Waals surface area contributed by atoms with Crippen LogP contribution in [-0.2, 0) is 9.53 Å². The summed E-state index contributed by atoms with van der Waals surface area (Å²) in [6.45, 7) is 9.07. The molecule has 2 fully saturated rings. The molecule has 1 heterocycles. The first-order valence-corrected chi connectivity index (χ1v) is 9.15. The van der Waals surface area contributed by atoms with Gasteiger partial charge in [-0.1, -0.05) is 26.0 Å². The molecular formula is C20H30O4. The van der Waals surface area contributed by atoms with Gasteiger partial charge in [-0.2, -0.15) is 0 Å². The highest BCUT2D eigenvalue weighted by molar-refractivity contribution is 5.90. The lowest BCUT2D eigenvalue weighted by atomic mass is 9.46. The lowest BCUT2D eigenvalue weighted by Crippen LogP contribution is -2.57. The highest BCUT2D eigenvalue weighted by Crippen LogP contribution is 2.61. The summed E-state index contributed by atoms with van der Waals surface area (Å²) in [4.78, 5) is 11.7. The second-order valence-corrected chi connectivity index (χ2v) is 8.39. The Hall–Kier alpha value is -1.13. The number of carbonyl (C=O) groups is 1. The summed E-state index contributed by atoms with van der Waals surface area (Å²) in [6.07, 6.45) is 6.64. The van der Waals surface area contributed by atoms with Crippen LogP contribution in [0.2, 0.25) is 0 Å². The van der Waals surface area contributed by atoms with E-state index < -0.39 is 11.5 Å². The summed E-state index contributed by atoms with van der Waals surface area (Å²) >= 11 is 0. The number of aliphatic hydroxyl groups is 2. The van der Waals surface area contributed by atoms with E-state index >= 15 is 0 Å². The van der Waals surface area contributed by atoms with Gasteiger partial charge in [-0.25, -0.2) is 4.79 Å². The molecule has 0 radical (unpaired) electrons. The van der Waals surface area contributed by atoms with Crippen LogP contribution < -0.4 is 0 Å². The molecule has 24 heavy (non-hydrogen) atoms. The lowest BCUT2D eigenvalue weighted by molar-refractivity contribution is -0.152. The number of cyclic esters (lactones) is 1. The van der Waals surface area contributed by atoms with Gasteiger partial charge in [0, 0.05) is 11.0 Å². The molecule has 4 nitrogen and oxygen atoms in total. The van der Waals surface area contributed by atoms with Crippen LogP contribution >= 0.6 is 0 Å². The van der Waals surface area contributed by atoms with Gasteiger partial charge in [0.25, 0.3) is 0 Å². The minimum Gasteiger partial charge on any atom is -0.458 e. The van der Waals surface area contributed by atoms with Gasteiger partial charge in [-0.05, 0) is 61.9 Å². The van der Waals surface area contributed by atoms with Crippen molar-refractivity contribution < 1.29 is 19.7 Å². The molecular weight excluding hydrogens is 304 g/mol. The second-order valence-electron chi connectivity index (χ2n) is 8.39. The lowest BCUT2D eigenvalue weighted by Gasteiger charge is -2.60. The van der Waals surface area contributed by atoms with Crippen molar-refractivity contribution in [2.75, 3.05) is 13.2 Å². The monoisotopic (exact) mass is 334 g/mol. The Kier molecular flexibility index (Phi) is 4.65. The fourth-order valence-electron chi connectivity index (χ4n) is 5.63. The molecule has 0 saturated heterocycles. The van der Waals surface area contributed by atoms with Gasteiger partial charge in [0.05, 0.1) is 12.7 Å². The van der Waals surface area contributed by atoms with Crippen molar-refractivity contribution in [3.05, 3.63) is 23.8 Å². The Morgan fingerprint density at radius 2 is 2.12 bits per heavy atom. The maximum atomic E-state index is 11.7. The number of hydrogen-bond acceptors (Lipinski definition) is 4. The van der Waals surface area contributed by atoms with Gasteiger partial charge in [-0.15, -0.1) is 0 Å². The quantitative estimate of drug-likeness (QED) is 0.613. The Morgan fingerprint density at radius 1 is 1.38 bits per heavy atom. The Labute approximate surface area is 144 Å². The van der Waals surface area contributed by atoms with Gasteiger partial charge < -0.3 is 14.9 Å². The van der Waals surface area contributed by atoms with E-state index in [9.17, 15) is 15.0 Å². The van der Waals surface area contributed by atoms with Crippen LogP contribution in [0.3, 0.4) is 0 Å². The van der Waals surface area contributed by atoms with Gasteiger partial charge >= 0.3 is 5.97 Å². The van der Waals surface area contributed by atoms with Crippen LogP contribution in [0.25, 0.3) is 0 Å². The third-order valence-corrected chi connectivity index (χ3v) is 7.20. The van der Waals surface area contributed by atoms with Crippen molar-refractivity contribution in [2.45, 2.75) is 58.5 Å². The largest absolute Gasteiger partial charge is 0.458 e. The maximum absolute atomic E-state index is 11.7. The smallest absolute Gasteiger partial charge is 0.334 e. The molecule has 134 valence electrons. The third-order valence-electron chi connectivity index (χ3n) is 7.20. The third kappa shape index (κ3) is 2.64. The summed E-state index contributed by atoms with van der Waals surface area (Å²) in [5, 5.41) is 20.5. The van der Waals surface area contributed by atoms with Crippen LogP contribution in [0.4, 0.5) is 0 Å². The van der Waals surface area contributed by atoms with E-state index in [0.29, 0.717) is 12.5 Å². The van der Waals surface area contributed by atoms with Crippen molar-refractivity contribution in [3.8, 4) is 0 Å². The molecule has 0 bridgehead atoms. The van der Waals surface area contributed by atoms with E-state index in [1.807, 2.05) is 13.0 Å². The zero-order valence-electron chi connectivity index (χ0n) is 14.9. The van der Waals surface area contributed by atoms with Crippen LogP contribution in [0.15, 0.2) is 23.8 Å². The number of ether oxygens (including phenoxy) is 1. The van der Waals surface area contributed by atoms with E-state index in [-0.39, 0.29) is 23.9 Å². The SMILES string of the molecule is C=C1CC[C@@H]2[C@](C)(CO)[C@H](O)CC[C@]2(C)[C@@H]1CCC1=CCOC1=O. The van der Waals surface area contributed by atoms with Crippen molar-refractivity contribution in [3.63, 3.8) is 0 Å². The fourth-order valence-corrected chi connectivity index (χ4v) is 5.63. The summed E-state index contributed by atoms with van der Waals surface area (Å²) in [5.41, 5.74) is 1.62. The van der Waals surface area contributed by atoms with E-state index in [0.717, 1.165) is 44.1 Å². The average molecular weight is 334 g/mol. The molecule has 2 aliphatic carbocycles. The van der Waals surface area contributed by atoms with Crippen LogP contribution in [0, 0.1) is 22.7 Å². The first-order valence-electron chi connectivity index (χ1n) is 9.15. The van der Waals surface area contributed by atoms with E-state index in [4.69, 9.17) is 4.74 Å². The summed E-state index contributed by atoms with van der Waals surface area (Å²) in [7, 11) is 0. The molecule has 5 atom stereocenters. The molecule has 0 spiro atoms. The van der Waals surface area contributed by atoms with Gasteiger partial charge in [0.2, 0.25) is 0 Å². The predicted molar refractivity (Wildman–Crippen MR) is 92.2 cm³/mol. The summed E-state index contributed by atoms with van der Waals surface area (Å²) in [6, 6.07) is 0. The molecule has 0 aromatic carbocycles. The first-order chi connectivity index (χ1) is 11.3. The molecule has 0 amide bonds. The number of esters is 1. The number of hydrogen-bond donors (Lipinski definition) is 2. The topological polar surface area (TPSA) is 66.8 Å².